The molecule has 0 aromatic heterocycles. The zero-order valence-electron chi connectivity index (χ0n) is 11.2. The minimum atomic E-state index is -0.150. The van der Waals surface area contributed by atoms with Gasteiger partial charge in [0.2, 0.25) is 0 Å². The van der Waals surface area contributed by atoms with Gasteiger partial charge < -0.3 is 10.2 Å². The van der Waals surface area contributed by atoms with Crippen LogP contribution >= 0.6 is 27.5 Å². The molecule has 20 heavy (non-hydrogen) atoms. The number of carbonyl (C=O) groups excluding carboxylic acids is 1. The smallest absolute Gasteiger partial charge is 0.255 e. The number of amides is 1. The maximum atomic E-state index is 12.2. The Bertz CT molecular complexity index is 644. The number of benzene rings is 2. The molecule has 0 unspecified atom stereocenters. The van der Waals surface area contributed by atoms with Gasteiger partial charge in [0, 0.05) is 35.5 Å². The van der Waals surface area contributed by atoms with E-state index in [9.17, 15) is 4.79 Å². The Balaban J connectivity index is 2.19. The van der Waals surface area contributed by atoms with Crippen LogP contribution in [0.2, 0.25) is 5.02 Å². The SMILES string of the molecule is CN(C)c1cccc(C(=O)Nc2ccc(Cl)c(Br)c2)c1. The molecular formula is C15H14BrClN2O. The molecule has 3 nitrogen and oxygen atoms in total. The minimum Gasteiger partial charge on any atom is -0.378 e. The van der Waals surface area contributed by atoms with E-state index in [1.807, 2.05) is 37.2 Å². The molecule has 0 fully saturated rings. The van der Waals surface area contributed by atoms with Gasteiger partial charge in [-0.1, -0.05) is 17.7 Å². The second-order valence-corrected chi connectivity index (χ2v) is 5.79. The topological polar surface area (TPSA) is 32.3 Å². The molecule has 0 aliphatic carbocycles. The predicted octanol–water partition coefficient (Wildman–Crippen LogP) is 4.42. The van der Waals surface area contributed by atoms with Gasteiger partial charge in [0.05, 0.1) is 5.02 Å². The summed E-state index contributed by atoms with van der Waals surface area (Å²) in [4.78, 5) is 14.2. The van der Waals surface area contributed by atoms with Gasteiger partial charge in [-0.15, -0.1) is 0 Å². The van der Waals surface area contributed by atoms with Crippen LogP contribution in [0.5, 0.6) is 0 Å². The van der Waals surface area contributed by atoms with Gasteiger partial charge in [-0.3, -0.25) is 4.79 Å². The first-order valence-corrected chi connectivity index (χ1v) is 7.18. The molecule has 0 aliphatic rings. The number of anilines is 2. The molecule has 1 amide bonds. The third-order valence-electron chi connectivity index (χ3n) is 2.80. The fourth-order valence-corrected chi connectivity index (χ4v) is 2.20. The first kappa shape index (κ1) is 14.9. The van der Waals surface area contributed by atoms with E-state index < -0.39 is 0 Å². The molecule has 0 spiro atoms. The molecule has 0 atom stereocenters. The van der Waals surface area contributed by atoms with Crippen LogP contribution in [0.4, 0.5) is 11.4 Å². The Morgan fingerprint density at radius 2 is 1.95 bits per heavy atom. The van der Waals surface area contributed by atoms with Crippen molar-refractivity contribution in [1.82, 2.24) is 0 Å². The Morgan fingerprint density at radius 1 is 1.20 bits per heavy atom. The fourth-order valence-electron chi connectivity index (χ4n) is 1.70. The van der Waals surface area contributed by atoms with Crippen molar-refractivity contribution in [2.24, 2.45) is 0 Å². The van der Waals surface area contributed by atoms with Crippen molar-refractivity contribution in [2.45, 2.75) is 0 Å². The number of carbonyl (C=O) groups is 1. The molecule has 0 saturated heterocycles. The summed E-state index contributed by atoms with van der Waals surface area (Å²) in [5.41, 5.74) is 2.29. The lowest BCUT2D eigenvalue weighted by atomic mass is 10.1. The van der Waals surface area contributed by atoms with E-state index in [0.29, 0.717) is 16.3 Å². The van der Waals surface area contributed by atoms with Crippen LogP contribution < -0.4 is 10.2 Å². The van der Waals surface area contributed by atoms with Gasteiger partial charge in [0.15, 0.2) is 0 Å². The molecular weight excluding hydrogens is 340 g/mol. The van der Waals surface area contributed by atoms with Crippen LogP contribution in [-0.2, 0) is 0 Å². The summed E-state index contributed by atoms with van der Waals surface area (Å²) in [6.07, 6.45) is 0. The van der Waals surface area contributed by atoms with E-state index in [1.165, 1.54) is 0 Å². The minimum absolute atomic E-state index is 0.150. The lowest BCUT2D eigenvalue weighted by Crippen LogP contribution is -2.14. The zero-order chi connectivity index (χ0) is 14.7. The first-order valence-electron chi connectivity index (χ1n) is 6.01. The lowest BCUT2D eigenvalue weighted by molar-refractivity contribution is 0.102. The number of nitrogens with zero attached hydrogens (tertiary/aromatic N) is 1. The maximum Gasteiger partial charge on any atom is 0.255 e. The summed E-state index contributed by atoms with van der Waals surface area (Å²) in [6.45, 7) is 0. The Labute approximate surface area is 131 Å². The van der Waals surface area contributed by atoms with Crippen LogP contribution in [0, 0.1) is 0 Å². The number of hydrogen-bond donors (Lipinski definition) is 1. The van der Waals surface area contributed by atoms with Crippen LogP contribution in [0.15, 0.2) is 46.9 Å². The zero-order valence-corrected chi connectivity index (χ0v) is 13.5. The van der Waals surface area contributed by atoms with E-state index >= 15 is 0 Å². The van der Waals surface area contributed by atoms with Crippen molar-refractivity contribution < 1.29 is 4.79 Å². The van der Waals surface area contributed by atoms with Crippen molar-refractivity contribution in [3.63, 3.8) is 0 Å². The normalized spacial score (nSPS) is 10.2. The molecule has 1 N–H and O–H groups in total. The van der Waals surface area contributed by atoms with Crippen LogP contribution in [0.3, 0.4) is 0 Å². The molecule has 0 saturated carbocycles. The average molecular weight is 354 g/mol. The molecule has 0 heterocycles. The highest BCUT2D eigenvalue weighted by Gasteiger charge is 2.08. The first-order chi connectivity index (χ1) is 9.47. The highest BCUT2D eigenvalue weighted by molar-refractivity contribution is 9.10. The third-order valence-corrected chi connectivity index (χ3v) is 4.02. The van der Waals surface area contributed by atoms with Gasteiger partial charge in [-0.05, 0) is 52.3 Å². The largest absolute Gasteiger partial charge is 0.378 e. The molecule has 0 aliphatic heterocycles. The summed E-state index contributed by atoms with van der Waals surface area (Å²) < 4.78 is 0.749. The van der Waals surface area contributed by atoms with E-state index in [4.69, 9.17) is 11.6 Å². The predicted molar refractivity (Wildman–Crippen MR) is 87.9 cm³/mol. The van der Waals surface area contributed by atoms with E-state index in [1.54, 1.807) is 24.3 Å². The van der Waals surface area contributed by atoms with Crippen molar-refractivity contribution in [2.75, 3.05) is 24.3 Å². The molecule has 104 valence electrons. The Hall–Kier alpha value is -1.52. The summed E-state index contributed by atoms with van der Waals surface area (Å²) in [5, 5.41) is 3.46. The number of rotatable bonds is 3. The average Bonchev–Trinajstić information content (AvgIpc) is 2.43. The van der Waals surface area contributed by atoms with E-state index in [0.717, 1.165) is 10.2 Å². The molecule has 2 aromatic rings. The summed E-state index contributed by atoms with van der Waals surface area (Å²) in [6, 6.07) is 12.7. The summed E-state index contributed by atoms with van der Waals surface area (Å²) >= 11 is 9.26. The van der Waals surface area contributed by atoms with Crippen molar-refractivity contribution in [1.29, 1.82) is 0 Å². The Kier molecular flexibility index (Phi) is 4.68. The van der Waals surface area contributed by atoms with Crippen LogP contribution in [-0.4, -0.2) is 20.0 Å². The van der Waals surface area contributed by atoms with Crippen LogP contribution in [0.1, 0.15) is 10.4 Å². The highest BCUT2D eigenvalue weighted by Crippen LogP contribution is 2.26. The molecule has 2 rings (SSSR count). The molecule has 2 aromatic carbocycles. The maximum absolute atomic E-state index is 12.2. The summed E-state index contributed by atoms with van der Waals surface area (Å²) in [7, 11) is 3.88. The second kappa shape index (κ2) is 6.29. The van der Waals surface area contributed by atoms with Crippen molar-refractivity contribution >= 4 is 44.8 Å². The highest BCUT2D eigenvalue weighted by atomic mass is 79.9. The Morgan fingerprint density at radius 3 is 2.60 bits per heavy atom. The van der Waals surface area contributed by atoms with Gasteiger partial charge >= 0.3 is 0 Å². The van der Waals surface area contributed by atoms with Gasteiger partial charge in [-0.25, -0.2) is 0 Å². The summed E-state index contributed by atoms with van der Waals surface area (Å²) in [5.74, 6) is -0.150. The van der Waals surface area contributed by atoms with Gasteiger partial charge in [-0.2, -0.15) is 0 Å². The second-order valence-electron chi connectivity index (χ2n) is 4.53. The monoisotopic (exact) mass is 352 g/mol. The molecule has 0 radical (unpaired) electrons. The standard InChI is InChI=1S/C15H14BrClN2O/c1-19(2)12-5-3-4-10(8-12)15(20)18-11-6-7-14(17)13(16)9-11/h3-9H,1-2H3,(H,18,20). The number of nitrogens with one attached hydrogen (secondary N) is 1. The lowest BCUT2D eigenvalue weighted by Gasteiger charge is -2.13. The van der Waals surface area contributed by atoms with Crippen molar-refractivity contribution in [3.8, 4) is 0 Å². The van der Waals surface area contributed by atoms with E-state index in [-0.39, 0.29) is 5.91 Å². The number of halogens is 2. The van der Waals surface area contributed by atoms with Crippen molar-refractivity contribution in [3.05, 3.63) is 57.5 Å². The van der Waals surface area contributed by atoms with Gasteiger partial charge in [0.1, 0.15) is 0 Å². The molecule has 0 bridgehead atoms. The van der Waals surface area contributed by atoms with Gasteiger partial charge in [0.25, 0.3) is 5.91 Å². The third kappa shape index (κ3) is 3.52. The quantitative estimate of drug-likeness (QED) is 0.886. The van der Waals surface area contributed by atoms with Crippen LogP contribution in [0.25, 0.3) is 0 Å². The molecule has 5 heteroatoms. The fraction of sp³-hybridized carbons (Fsp3) is 0.133. The van der Waals surface area contributed by atoms with E-state index in [2.05, 4.69) is 21.2 Å². The number of hydrogen-bond acceptors (Lipinski definition) is 2.